The number of rotatable bonds is 6. The molecule has 0 amide bonds. The number of amidine groups is 1. The zero-order valence-corrected chi connectivity index (χ0v) is 13.2. The number of carboxylic acids is 1. The van der Waals surface area contributed by atoms with Crippen molar-refractivity contribution in [3.05, 3.63) is 83.4 Å². The number of allylic oxidation sites excluding steroid dienone is 2. The standard InChI is InChI=1S/C19H16N2O4/c20-18(21)14-9-11-16(12-10-14)25-19(24)15-7-5-13(6-8-15)3-1-2-4-17(22)23/h1-12H,(H3,20,21)(H,22,23). The minimum atomic E-state index is -1.01. The molecule has 0 aliphatic rings. The monoisotopic (exact) mass is 336 g/mol. The molecule has 0 aliphatic carbocycles. The van der Waals surface area contributed by atoms with Crippen LogP contribution in [0, 0.1) is 5.41 Å². The van der Waals surface area contributed by atoms with E-state index in [9.17, 15) is 9.59 Å². The Labute approximate surface area is 144 Å². The first-order valence-corrected chi connectivity index (χ1v) is 7.30. The van der Waals surface area contributed by atoms with Gasteiger partial charge in [0.1, 0.15) is 11.6 Å². The quantitative estimate of drug-likeness (QED) is 0.187. The van der Waals surface area contributed by atoms with Gasteiger partial charge >= 0.3 is 11.9 Å². The third kappa shape index (κ3) is 5.47. The van der Waals surface area contributed by atoms with Crippen LogP contribution in [0.1, 0.15) is 21.5 Å². The lowest BCUT2D eigenvalue weighted by atomic mass is 10.1. The van der Waals surface area contributed by atoms with Crippen molar-refractivity contribution in [2.45, 2.75) is 0 Å². The lowest BCUT2D eigenvalue weighted by Gasteiger charge is -2.05. The van der Waals surface area contributed by atoms with Gasteiger partial charge in [-0.3, -0.25) is 5.41 Å². The van der Waals surface area contributed by atoms with Gasteiger partial charge < -0.3 is 15.6 Å². The predicted octanol–water partition coefficient (Wildman–Crippen LogP) is 2.84. The Morgan fingerprint density at radius 1 is 0.960 bits per heavy atom. The van der Waals surface area contributed by atoms with E-state index in [-0.39, 0.29) is 5.84 Å². The molecule has 0 spiro atoms. The third-order valence-corrected chi connectivity index (χ3v) is 3.16. The molecule has 2 rings (SSSR count). The molecule has 6 nitrogen and oxygen atoms in total. The molecule has 2 aromatic rings. The smallest absolute Gasteiger partial charge is 0.343 e. The molecule has 0 unspecified atom stereocenters. The molecule has 0 heterocycles. The molecular formula is C19H16N2O4. The van der Waals surface area contributed by atoms with Gasteiger partial charge in [0.15, 0.2) is 0 Å². The maximum Gasteiger partial charge on any atom is 0.343 e. The molecule has 0 fully saturated rings. The first kappa shape index (κ1) is 17.7. The molecule has 4 N–H and O–H groups in total. The highest BCUT2D eigenvalue weighted by atomic mass is 16.5. The maximum atomic E-state index is 12.1. The maximum absolute atomic E-state index is 12.1. The van der Waals surface area contributed by atoms with Crippen LogP contribution in [0.4, 0.5) is 0 Å². The normalized spacial score (nSPS) is 10.9. The highest BCUT2D eigenvalue weighted by Gasteiger charge is 2.08. The average molecular weight is 336 g/mol. The number of carboxylic acid groups (broad SMARTS) is 1. The summed E-state index contributed by atoms with van der Waals surface area (Å²) in [5.74, 6) is -1.21. The molecule has 0 saturated carbocycles. The molecule has 126 valence electrons. The molecule has 2 aromatic carbocycles. The summed E-state index contributed by atoms with van der Waals surface area (Å²) in [4.78, 5) is 22.4. The fraction of sp³-hybridized carbons (Fsp3) is 0. The van der Waals surface area contributed by atoms with Crippen molar-refractivity contribution < 1.29 is 19.4 Å². The summed E-state index contributed by atoms with van der Waals surface area (Å²) in [6.45, 7) is 0. The molecule has 0 atom stereocenters. The number of hydrogen-bond acceptors (Lipinski definition) is 4. The number of hydrogen-bond donors (Lipinski definition) is 3. The van der Waals surface area contributed by atoms with Gasteiger partial charge in [0, 0.05) is 11.6 Å². The van der Waals surface area contributed by atoms with E-state index in [2.05, 4.69) is 0 Å². The average Bonchev–Trinajstić information content (AvgIpc) is 2.59. The Kier molecular flexibility index (Phi) is 5.84. The van der Waals surface area contributed by atoms with Gasteiger partial charge in [0.05, 0.1) is 5.56 Å². The summed E-state index contributed by atoms with van der Waals surface area (Å²) in [6.07, 6.45) is 5.75. The highest BCUT2D eigenvalue weighted by molar-refractivity contribution is 5.95. The van der Waals surface area contributed by atoms with E-state index in [0.717, 1.165) is 11.6 Å². The van der Waals surface area contributed by atoms with Crippen molar-refractivity contribution in [3.8, 4) is 5.75 Å². The Balaban J connectivity index is 2.00. The van der Waals surface area contributed by atoms with Crippen molar-refractivity contribution in [2.24, 2.45) is 5.73 Å². The molecule has 0 radical (unpaired) electrons. The number of nitrogen functional groups attached to an aromatic ring is 1. The van der Waals surface area contributed by atoms with E-state index < -0.39 is 11.9 Å². The number of esters is 1. The summed E-state index contributed by atoms with van der Waals surface area (Å²) >= 11 is 0. The molecule has 0 aromatic heterocycles. The summed E-state index contributed by atoms with van der Waals surface area (Å²) in [6, 6.07) is 13.0. The first-order valence-electron chi connectivity index (χ1n) is 7.30. The lowest BCUT2D eigenvalue weighted by Crippen LogP contribution is -2.11. The summed E-state index contributed by atoms with van der Waals surface area (Å²) in [5.41, 5.74) is 7.11. The van der Waals surface area contributed by atoms with Gasteiger partial charge in [-0.05, 0) is 42.0 Å². The number of carbonyl (C=O) groups excluding carboxylic acids is 1. The van der Waals surface area contributed by atoms with Crippen molar-refractivity contribution >= 4 is 23.9 Å². The lowest BCUT2D eigenvalue weighted by molar-refractivity contribution is -0.131. The number of benzene rings is 2. The van der Waals surface area contributed by atoms with Gasteiger partial charge in [0.2, 0.25) is 0 Å². The first-order chi connectivity index (χ1) is 12.0. The summed E-state index contributed by atoms with van der Waals surface area (Å²) < 4.78 is 5.26. The molecular weight excluding hydrogens is 320 g/mol. The van der Waals surface area contributed by atoms with Crippen molar-refractivity contribution in [3.63, 3.8) is 0 Å². The van der Waals surface area contributed by atoms with E-state index in [1.165, 1.54) is 6.08 Å². The number of nitrogens with two attached hydrogens (primary N) is 1. The second-order valence-electron chi connectivity index (χ2n) is 5.01. The minimum Gasteiger partial charge on any atom is -0.478 e. The minimum absolute atomic E-state index is 0.0558. The van der Waals surface area contributed by atoms with Gasteiger partial charge in [0.25, 0.3) is 0 Å². The fourth-order valence-electron chi connectivity index (χ4n) is 1.90. The molecule has 0 bridgehead atoms. The molecule has 0 aliphatic heterocycles. The van der Waals surface area contributed by atoms with Crippen molar-refractivity contribution in [2.75, 3.05) is 0 Å². The predicted molar refractivity (Wildman–Crippen MR) is 94.7 cm³/mol. The van der Waals surface area contributed by atoms with Crippen LogP contribution in [-0.2, 0) is 4.79 Å². The van der Waals surface area contributed by atoms with Crippen LogP contribution < -0.4 is 10.5 Å². The molecule has 0 saturated heterocycles. The summed E-state index contributed by atoms with van der Waals surface area (Å²) in [7, 11) is 0. The van der Waals surface area contributed by atoms with Crippen LogP contribution in [0.3, 0.4) is 0 Å². The van der Waals surface area contributed by atoms with Gasteiger partial charge in [-0.1, -0.05) is 30.4 Å². The number of ether oxygens (including phenoxy) is 1. The van der Waals surface area contributed by atoms with E-state index in [4.69, 9.17) is 21.0 Å². The summed E-state index contributed by atoms with van der Waals surface area (Å²) in [5, 5.41) is 15.8. The number of carbonyl (C=O) groups is 2. The van der Waals surface area contributed by atoms with Gasteiger partial charge in [-0.2, -0.15) is 0 Å². The van der Waals surface area contributed by atoms with Crippen molar-refractivity contribution in [1.82, 2.24) is 0 Å². The van der Waals surface area contributed by atoms with Crippen LogP contribution in [-0.4, -0.2) is 22.9 Å². The van der Waals surface area contributed by atoms with Crippen molar-refractivity contribution in [1.29, 1.82) is 5.41 Å². The Morgan fingerprint density at radius 3 is 2.12 bits per heavy atom. The number of nitrogens with one attached hydrogen (secondary N) is 1. The second-order valence-corrected chi connectivity index (χ2v) is 5.01. The Morgan fingerprint density at radius 2 is 1.56 bits per heavy atom. The SMILES string of the molecule is N=C(N)c1ccc(OC(=O)c2ccc(C=CC=CC(=O)O)cc2)cc1. The van der Waals surface area contributed by atoms with E-state index >= 15 is 0 Å². The van der Waals surface area contributed by atoms with Crippen LogP contribution in [0.15, 0.2) is 66.8 Å². The Bertz CT molecular complexity index is 835. The van der Waals surface area contributed by atoms with Crippen LogP contribution in [0.2, 0.25) is 0 Å². The third-order valence-electron chi connectivity index (χ3n) is 3.16. The topological polar surface area (TPSA) is 113 Å². The van der Waals surface area contributed by atoms with E-state index in [1.807, 2.05) is 0 Å². The zero-order valence-electron chi connectivity index (χ0n) is 13.2. The van der Waals surface area contributed by atoms with E-state index in [0.29, 0.717) is 16.9 Å². The fourth-order valence-corrected chi connectivity index (χ4v) is 1.90. The zero-order chi connectivity index (χ0) is 18.2. The number of aliphatic carboxylic acids is 1. The van der Waals surface area contributed by atoms with Gasteiger partial charge in [-0.25, -0.2) is 9.59 Å². The Hall–Kier alpha value is -3.67. The second kappa shape index (κ2) is 8.26. The van der Waals surface area contributed by atoms with Crippen LogP contribution in [0.5, 0.6) is 5.75 Å². The molecule has 6 heteroatoms. The highest BCUT2D eigenvalue weighted by Crippen LogP contribution is 2.15. The van der Waals surface area contributed by atoms with Gasteiger partial charge in [-0.15, -0.1) is 0 Å². The van der Waals surface area contributed by atoms with Crippen LogP contribution >= 0.6 is 0 Å². The van der Waals surface area contributed by atoms with Crippen LogP contribution in [0.25, 0.3) is 6.08 Å². The van der Waals surface area contributed by atoms with E-state index in [1.54, 1.807) is 60.7 Å². The molecule has 25 heavy (non-hydrogen) atoms. The largest absolute Gasteiger partial charge is 0.478 e.